The van der Waals surface area contributed by atoms with E-state index in [0.717, 1.165) is 10.4 Å². The number of amides is 2. The summed E-state index contributed by atoms with van der Waals surface area (Å²) in [6, 6.07) is 11.5. The Balaban J connectivity index is 1.70. The molecule has 2 heterocycles. The number of benzene rings is 1. The molecule has 1 aliphatic heterocycles. The van der Waals surface area contributed by atoms with E-state index in [-0.39, 0.29) is 25.0 Å². The fourth-order valence-electron chi connectivity index (χ4n) is 3.19. The zero-order valence-corrected chi connectivity index (χ0v) is 17.5. The molecule has 0 aliphatic carbocycles. The lowest BCUT2D eigenvalue weighted by atomic mass is 10.2. The Hall–Kier alpha value is -2.71. The third kappa shape index (κ3) is 5.42. The number of hydrogen-bond acceptors (Lipinski definition) is 6. The molecule has 1 fully saturated rings. The Morgan fingerprint density at radius 1 is 1.10 bits per heavy atom. The first-order chi connectivity index (χ1) is 14.0. The van der Waals surface area contributed by atoms with Crippen molar-refractivity contribution in [3.63, 3.8) is 0 Å². The maximum atomic E-state index is 12.6. The van der Waals surface area contributed by atoms with Gasteiger partial charge in [0.15, 0.2) is 0 Å². The minimum absolute atomic E-state index is 0.0555. The van der Waals surface area contributed by atoms with Crippen LogP contribution in [0.3, 0.4) is 0 Å². The molecule has 2 aromatic rings. The zero-order chi connectivity index (χ0) is 20.8. The van der Waals surface area contributed by atoms with Gasteiger partial charge in [-0.1, -0.05) is 30.3 Å². The molecule has 3 rings (SSSR count). The molecular weight excluding hydrogens is 390 g/mol. The van der Waals surface area contributed by atoms with E-state index < -0.39 is 5.97 Å². The Labute approximate surface area is 174 Å². The quantitative estimate of drug-likeness (QED) is 0.734. The number of carbonyl (C=O) groups is 3. The van der Waals surface area contributed by atoms with E-state index in [4.69, 9.17) is 4.74 Å². The second-order valence-electron chi connectivity index (χ2n) is 6.77. The van der Waals surface area contributed by atoms with Gasteiger partial charge < -0.3 is 15.0 Å². The van der Waals surface area contributed by atoms with Crippen LogP contribution in [0.1, 0.15) is 23.5 Å². The summed E-state index contributed by atoms with van der Waals surface area (Å²) >= 11 is 1.31. The number of carbonyl (C=O) groups excluding carboxylic acids is 3. The molecule has 1 aliphatic rings. The summed E-state index contributed by atoms with van der Waals surface area (Å²) in [6.07, 6.45) is 0. The number of esters is 1. The molecule has 0 unspecified atom stereocenters. The summed E-state index contributed by atoms with van der Waals surface area (Å²) in [5.74, 6) is -0.575. The molecule has 29 heavy (non-hydrogen) atoms. The summed E-state index contributed by atoms with van der Waals surface area (Å²) in [4.78, 5) is 41.4. The van der Waals surface area contributed by atoms with Crippen LogP contribution in [0.2, 0.25) is 0 Å². The van der Waals surface area contributed by atoms with Gasteiger partial charge in [0.25, 0.3) is 0 Å². The van der Waals surface area contributed by atoms with E-state index in [1.807, 2.05) is 41.3 Å². The molecule has 2 amide bonds. The van der Waals surface area contributed by atoms with Gasteiger partial charge in [-0.05, 0) is 18.6 Å². The summed E-state index contributed by atoms with van der Waals surface area (Å²) in [5.41, 5.74) is 1.45. The number of hydrogen-bond donors (Lipinski definition) is 1. The topological polar surface area (TPSA) is 79.0 Å². The van der Waals surface area contributed by atoms with E-state index in [1.165, 1.54) is 11.3 Å². The molecule has 154 valence electrons. The van der Waals surface area contributed by atoms with Crippen molar-refractivity contribution in [2.45, 2.75) is 13.8 Å². The van der Waals surface area contributed by atoms with Gasteiger partial charge in [0.2, 0.25) is 11.8 Å². The average Bonchev–Trinajstić information content (AvgIpc) is 3.13. The molecule has 7 nitrogen and oxygen atoms in total. The lowest BCUT2D eigenvalue weighted by Gasteiger charge is -2.33. The van der Waals surface area contributed by atoms with Crippen molar-refractivity contribution in [1.82, 2.24) is 9.80 Å². The van der Waals surface area contributed by atoms with E-state index in [2.05, 4.69) is 5.32 Å². The maximum absolute atomic E-state index is 12.6. The molecule has 1 saturated heterocycles. The molecular formula is C21H25N3O4S. The predicted octanol–water partition coefficient (Wildman–Crippen LogP) is 2.69. The highest BCUT2D eigenvalue weighted by molar-refractivity contribution is 7.18. The van der Waals surface area contributed by atoms with Gasteiger partial charge in [-0.15, -0.1) is 11.3 Å². The first-order valence-electron chi connectivity index (χ1n) is 9.62. The number of anilines is 1. The number of nitrogens with zero attached hydrogens (tertiary/aromatic N) is 2. The van der Waals surface area contributed by atoms with Crippen molar-refractivity contribution in [3.05, 3.63) is 41.3 Å². The molecule has 0 atom stereocenters. The molecule has 8 heteroatoms. The fraction of sp³-hybridized carbons (Fsp3) is 0.381. The second kappa shape index (κ2) is 9.67. The molecule has 1 aromatic carbocycles. The van der Waals surface area contributed by atoms with Crippen molar-refractivity contribution in [1.29, 1.82) is 0 Å². The second-order valence-corrected chi connectivity index (χ2v) is 7.82. The number of thiophene rings is 1. The van der Waals surface area contributed by atoms with Crippen molar-refractivity contribution in [2.75, 3.05) is 44.6 Å². The molecule has 1 N–H and O–H groups in total. The highest BCUT2D eigenvalue weighted by atomic mass is 32.1. The monoisotopic (exact) mass is 415 g/mol. The summed E-state index contributed by atoms with van der Waals surface area (Å²) in [7, 11) is 0. The molecule has 0 saturated carbocycles. The highest BCUT2D eigenvalue weighted by Crippen LogP contribution is 2.35. The van der Waals surface area contributed by atoms with E-state index >= 15 is 0 Å². The minimum Gasteiger partial charge on any atom is -0.462 e. The maximum Gasteiger partial charge on any atom is 0.350 e. The Morgan fingerprint density at radius 3 is 2.41 bits per heavy atom. The third-order valence-corrected chi connectivity index (χ3v) is 5.87. The van der Waals surface area contributed by atoms with Gasteiger partial charge in [0.1, 0.15) is 4.88 Å². The molecule has 1 aromatic heterocycles. The van der Waals surface area contributed by atoms with Crippen LogP contribution in [0.5, 0.6) is 0 Å². The van der Waals surface area contributed by atoms with E-state index in [9.17, 15) is 14.4 Å². The fourth-order valence-corrected chi connectivity index (χ4v) is 4.20. The SMILES string of the molecule is CCOC(=O)c1sc(-c2ccccc2)cc1NC(=O)CN1CCN(C(C)=O)CC1. The van der Waals surface area contributed by atoms with Gasteiger partial charge in [-0.25, -0.2) is 4.79 Å². The van der Waals surface area contributed by atoms with Gasteiger partial charge in [-0.3, -0.25) is 14.5 Å². The lowest BCUT2D eigenvalue weighted by molar-refractivity contribution is -0.130. The van der Waals surface area contributed by atoms with Crippen molar-refractivity contribution in [2.24, 2.45) is 0 Å². The normalized spacial score (nSPS) is 14.5. The first kappa shape index (κ1) is 21.0. The number of nitrogens with one attached hydrogen (secondary N) is 1. The van der Waals surface area contributed by atoms with Crippen LogP contribution < -0.4 is 5.32 Å². The van der Waals surface area contributed by atoms with Crippen LogP contribution in [0.15, 0.2) is 36.4 Å². The van der Waals surface area contributed by atoms with Gasteiger partial charge in [0.05, 0.1) is 18.8 Å². The van der Waals surface area contributed by atoms with E-state index in [0.29, 0.717) is 36.7 Å². The van der Waals surface area contributed by atoms with Gasteiger partial charge in [0, 0.05) is 38.0 Å². The van der Waals surface area contributed by atoms with Crippen LogP contribution in [0, 0.1) is 0 Å². The van der Waals surface area contributed by atoms with Gasteiger partial charge in [-0.2, -0.15) is 0 Å². The van der Waals surface area contributed by atoms with Crippen LogP contribution in [-0.4, -0.2) is 66.9 Å². The van der Waals surface area contributed by atoms with Crippen molar-refractivity contribution in [3.8, 4) is 10.4 Å². The predicted molar refractivity (Wildman–Crippen MR) is 113 cm³/mol. The molecule has 0 bridgehead atoms. The van der Waals surface area contributed by atoms with Crippen molar-refractivity contribution < 1.29 is 19.1 Å². The molecule has 0 radical (unpaired) electrons. The highest BCUT2D eigenvalue weighted by Gasteiger charge is 2.23. The summed E-state index contributed by atoms with van der Waals surface area (Å²) < 4.78 is 5.16. The number of rotatable bonds is 6. The summed E-state index contributed by atoms with van der Waals surface area (Å²) in [5, 5.41) is 2.87. The smallest absolute Gasteiger partial charge is 0.350 e. The van der Waals surface area contributed by atoms with Crippen LogP contribution in [0.4, 0.5) is 5.69 Å². The summed E-state index contributed by atoms with van der Waals surface area (Å²) in [6.45, 7) is 6.33. The standard InChI is InChI=1S/C21H25N3O4S/c1-3-28-21(27)20-17(13-18(29-20)16-7-5-4-6-8-16)22-19(26)14-23-9-11-24(12-10-23)15(2)25/h4-8,13H,3,9-12,14H2,1-2H3,(H,22,26). The average molecular weight is 416 g/mol. The van der Waals surface area contributed by atoms with Crippen LogP contribution in [-0.2, 0) is 14.3 Å². The third-order valence-electron chi connectivity index (χ3n) is 4.71. The number of piperazine rings is 1. The van der Waals surface area contributed by atoms with E-state index in [1.54, 1.807) is 18.7 Å². The Kier molecular flexibility index (Phi) is 7.00. The lowest BCUT2D eigenvalue weighted by Crippen LogP contribution is -2.49. The molecule has 0 spiro atoms. The minimum atomic E-state index is -0.440. The zero-order valence-electron chi connectivity index (χ0n) is 16.6. The van der Waals surface area contributed by atoms with Crippen LogP contribution in [0.25, 0.3) is 10.4 Å². The first-order valence-corrected chi connectivity index (χ1v) is 10.4. The van der Waals surface area contributed by atoms with Gasteiger partial charge >= 0.3 is 5.97 Å². The van der Waals surface area contributed by atoms with Crippen molar-refractivity contribution >= 4 is 34.8 Å². The van der Waals surface area contributed by atoms with Crippen LogP contribution >= 0.6 is 11.3 Å². The Morgan fingerprint density at radius 2 is 1.79 bits per heavy atom. The largest absolute Gasteiger partial charge is 0.462 e. The number of ether oxygens (including phenoxy) is 1. The Bertz CT molecular complexity index is 873.